The fraction of sp³-hybridized carbons (Fsp3) is 0.455. The Morgan fingerprint density at radius 3 is 2.87 bits per heavy atom. The van der Waals surface area contributed by atoms with Gasteiger partial charge < -0.3 is 5.11 Å². The molecule has 0 bridgehead atoms. The standard InChI is InChI=1S/C10H14N2.CHNO/c1-12-7-3-5-10(12)9-4-2-6-11-8-9;2-1-3/h2,4,6,8,10H,3,5,7H2,1H3;3H. The summed E-state index contributed by atoms with van der Waals surface area (Å²) in [6.07, 6.45) is 7.16. The van der Waals surface area contributed by atoms with Crippen LogP contribution < -0.4 is 0 Å². The Morgan fingerprint density at radius 1 is 1.67 bits per heavy atom. The molecule has 80 valence electrons. The first-order valence-electron chi connectivity index (χ1n) is 4.93. The van der Waals surface area contributed by atoms with Gasteiger partial charge in [-0.25, -0.2) is 0 Å². The SMILES string of the molecule is CN1CCCC1c1cccnc1.N#CO. The van der Waals surface area contributed by atoms with Crippen molar-refractivity contribution >= 4 is 0 Å². The molecule has 15 heavy (non-hydrogen) atoms. The molecule has 1 unspecified atom stereocenters. The summed E-state index contributed by atoms with van der Waals surface area (Å²) < 4.78 is 0. The van der Waals surface area contributed by atoms with E-state index in [1.165, 1.54) is 24.9 Å². The minimum absolute atomic E-state index is 0.610. The number of likely N-dealkylation sites (tertiary alicyclic amines) is 1. The Bertz CT molecular complexity index is 320. The molecule has 1 aliphatic heterocycles. The minimum Gasteiger partial charge on any atom is -0.443 e. The zero-order valence-corrected chi connectivity index (χ0v) is 8.80. The van der Waals surface area contributed by atoms with E-state index in [9.17, 15) is 0 Å². The van der Waals surface area contributed by atoms with Crippen molar-refractivity contribution in [3.63, 3.8) is 0 Å². The van der Waals surface area contributed by atoms with E-state index in [-0.39, 0.29) is 0 Å². The van der Waals surface area contributed by atoms with Crippen molar-refractivity contribution < 1.29 is 5.11 Å². The van der Waals surface area contributed by atoms with E-state index >= 15 is 0 Å². The summed E-state index contributed by atoms with van der Waals surface area (Å²) in [6.45, 7) is 1.22. The van der Waals surface area contributed by atoms with Crippen LogP contribution in [0.15, 0.2) is 24.5 Å². The lowest BCUT2D eigenvalue weighted by Gasteiger charge is -2.18. The number of nitrogens with zero attached hydrogens (tertiary/aromatic N) is 3. The number of aliphatic hydroxyl groups excluding tert-OH is 1. The number of aliphatic hydroxyl groups is 1. The van der Waals surface area contributed by atoms with Crippen LogP contribution >= 0.6 is 0 Å². The van der Waals surface area contributed by atoms with Crippen LogP contribution in [0.2, 0.25) is 0 Å². The molecule has 2 rings (SSSR count). The predicted molar refractivity (Wildman–Crippen MR) is 56.4 cm³/mol. The lowest BCUT2D eigenvalue weighted by atomic mass is 10.1. The minimum atomic E-state index is 0.610. The highest BCUT2D eigenvalue weighted by atomic mass is 16.2. The molecule has 1 saturated heterocycles. The van der Waals surface area contributed by atoms with Crippen molar-refractivity contribution in [2.45, 2.75) is 18.9 Å². The molecule has 0 amide bonds. The van der Waals surface area contributed by atoms with Gasteiger partial charge in [0.1, 0.15) is 0 Å². The third-order valence-electron chi connectivity index (χ3n) is 2.59. The first-order chi connectivity index (χ1) is 7.29. The van der Waals surface area contributed by atoms with Crippen molar-refractivity contribution in [3.05, 3.63) is 30.1 Å². The van der Waals surface area contributed by atoms with E-state index in [1.54, 1.807) is 0 Å². The van der Waals surface area contributed by atoms with Gasteiger partial charge in [-0.2, -0.15) is 5.26 Å². The summed E-state index contributed by atoms with van der Waals surface area (Å²) in [6, 6.07) is 4.79. The summed E-state index contributed by atoms with van der Waals surface area (Å²) in [5.41, 5.74) is 1.36. The predicted octanol–water partition coefficient (Wildman–Crippen LogP) is 1.69. The molecule has 1 atom stereocenters. The Morgan fingerprint density at radius 2 is 2.40 bits per heavy atom. The van der Waals surface area contributed by atoms with E-state index in [4.69, 9.17) is 10.4 Å². The van der Waals surface area contributed by atoms with Crippen molar-refractivity contribution in [1.29, 1.82) is 5.26 Å². The molecule has 1 aromatic heterocycles. The lowest BCUT2D eigenvalue weighted by molar-refractivity contribution is 0.317. The summed E-state index contributed by atoms with van der Waals surface area (Å²) in [5.74, 6) is 0. The first-order valence-corrected chi connectivity index (χ1v) is 4.93. The van der Waals surface area contributed by atoms with Crippen LogP contribution in [0.3, 0.4) is 0 Å². The summed E-state index contributed by atoms with van der Waals surface area (Å²) >= 11 is 0. The Balaban J connectivity index is 0.000000337. The molecule has 0 aromatic carbocycles. The monoisotopic (exact) mass is 205 g/mol. The quantitative estimate of drug-likeness (QED) is 0.709. The Labute approximate surface area is 89.8 Å². The number of pyridine rings is 1. The smallest absolute Gasteiger partial charge is 0.283 e. The Hall–Kier alpha value is -1.60. The van der Waals surface area contributed by atoms with Gasteiger partial charge in [-0.15, -0.1) is 0 Å². The fourth-order valence-corrected chi connectivity index (χ4v) is 1.90. The van der Waals surface area contributed by atoms with Gasteiger partial charge in [0.05, 0.1) is 0 Å². The van der Waals surface area contributed by atoms with E-state index < -0.39 is 0 Å². The van der Waals surface area contributed by atoms with Gasteiger partial charge in [-0.05, 0) is 38.1 Å². The van der Waals surface area contributed by atoms with Gasteiger partial charge in [0.25, 0.3) is 6.26 Å². The number of nitriles is 1. The summed E-state index contributed by atoms with van der Waals surface area (Å²) in [5, 5.41) is 13.8. The number of rotatable bonds is 1. The maximum absolute atomic E-state index is 6.88. The van der Waals surface area contributed by atoms with Crippen LogP contribution in [0.1, 0.15) is 24.4 Å². The normalized spacial score (nSPS) is 20.1. The topological polar surface area (TPSA) is 60.2 Å². The zero-order valence-electron chi connectivity index (χ0n) is 8.80. The van der Waals surface area contributed by atoms with Crippen LogP contribution in [0.25, 0.3) is 0 Å². The second-order valence-corrected chi connectivity index (χ2v) is 3.52. The van der Waals surface area contributed by atoms with Crippen LogP contribution in [0, 0.1) is 11.5 Å². The molecule has 1 aromatic rings. The molecule has 1 aliphatic rings. The molecular formula is C11H15N3O. The van der Waals surface area contributed by atoms with E-state index in [0.29, 0.717) is 6.04 Å². The van der Waals surface area contributed by atoms with Crippen molar-refractivity contribution in [1.82, 2.24) is 9.88 Å². The van der Waals surface area contributed by atoms with Gasteiger partial charge >= 0.3 is 0 Å². The number of aromatic nitrogens is 1. The highest BCUT2D eigenvalue weighted by molar-refractivity contribution is 5.14. The van der Waals surface area contributed by atoms with Gasteiger partial charge in [-0.1, -0.05) is 6.07 Å². The van der Waals surface area contributed by atoms with Crippen LogP contribution in [-0.2, 0) is 0 Å². The lowest BCUT2D eigenvalue weighted by Crippen LogP contribution is -2.17. The average Bonchev–Trinajstić information content (AvgIpc) is 2.67. The van der Waals surface area contributed by atoms with Gasteiger partial charge in [0.2, 0.25) is 0 Å². The maximum atomic E-state index is 6.88. The first kappa shape index (κ1) is 11.5. The van der Waals surface area contributed by atoms with Gasteiger partial charge in [-0.3, -0.25) is 9.88 Å². The van der Waals surface area contributed by atoms with Crippen LogP contribution in [-0.4, -0.2) is 28.6 Å². The summed E-state index contributed by atoms with van der Waals surface area (Å²) in [7, 11) is 2.19. The average molecular weight is 205 g/mol. The molecule has 0 radical (unpaired) electrons. The molecule has 4 nitrogen and oxygen atoms in total. The molecule has 1 fully saturated rings. The molecule has 2 heterocycles. The van der Waals surface area contributed by atoms with Crippen LogP contribution in [0.4, 0.5) is 0 Å². The van der Waals surface area contributed by atoms with Crippen molar-refractivity contribution in [2.75, 3.05) is 13.6 Å². The highest BCUT2D eigenvalue weighted by Gasteiger charge is 2.21. The third-order valence-corrected chi connectivity index (χ3v) is 2.59. The summed E-state index contributed by atoms with van der Waals surface area (Å²) in [4.78, 5) is 6.54. The van der Waals surface area contributed by atoms with Crippen molar-refractivity contribution in [3.8, 4) is 6.26 Å². The second-order valence-electron chi connectivity index (χ2n) is 3.52. The molecule has 1 N–H and O–H groups in total. The second kappa shape index (κ2) is 5.99. The number of hydrogen-bond donors (Lipinski definition) is 1. The molecule has 0 saturated carbocycles. The van der Waals surface area contributed by atoms with E-state index in [0.717, 1.165) is 6.26 Å². The van der Waals surface area contributed by atoms with Gasteiger partial charge in [0, 0.05) is 18.4 Å². The maximum Gasteiger partial charge on any atom is 0.283 e. The number of hydrogen-bond acceptors (Lipinski definition) is 4. The highest BCUT2D eigenvalue weighted by Crippen LogP contribution is 2.29. The van der Waals surface area contributed by atoms with E-state index in [1.807, 2.05) is 18.5 Å². The van der Waals surface area contributed by atoms with Crippen molar-refractivity contribution in [2.24, 2.45) is 0 Å². The van der Waals surface area contributed by atoms with Gasteiger partial charge in [0.15, 0.2) is 0 Å². The molecule has 0 spiro atoms. The fourth-order valence-electron chi connectivity index (χ4n) is 1.90. The molecule has 0 aliphatic carbocycles. The van der Waals surface area contributed by atoms with E-state index in [2.05, 4.69) is 23.0 Å². The van der Waals surface area contributed by atoms with Crippen LogP contribution in [0.5, 0.6) is 0 Å². The third kappa shape index (κ3) is 3.22. The molecule has 4 heteroatoms. The Kier molecular flexibility index (Phi) is 4.58. The molecular weight excluding hydrogens is 190 g/mol. The largest absolute Gasteiger partial charge is 0.443 e. The zero-order chi connectivity index (χ0) is 11.1.